The number of rotatable bonds is 5. The van der Waals surface area contributed by atoms with Gasteiger partial charge < -0.3 is 4.74 Å². The number of carbonyl (C=O) groups is 1. The normalized spacial score (nSPS) is 16.7. The maximum absolute atomic E-state index is 11.5. The van der Waals surface area contributed by atoms with E-state index in [1.807, 2.05) is 11.4 Å². The van der Waals surface area contributed by atoms with E-state index in [4.69, 9.17) is 10.6 Å². The Bertz CT molecular complexity index is 386. The Hall–Kier alpha value is -0.910. The molecule has 1 aliphatic rings. The predicted molar refractivity (Wildman–Crippen MR) is 72.2 cm³/mol. The van der Waals surface area contributed by atoms with E-state index in [0.717, 1.165) is 12.2 Å². The average molecular weight is 268 g/mol. The molecule has 4 nitrogen and oxygen atoms in total. The van der Waals surface area contributed by atoms with Crippen molar-refractivity contribution >= 4 is 17.2 Å². The molecule has 1 aromatic heterocycles. The average Bonchev–Trinajstić information content (AvgIpc) is 2.87. The van der Waals surface area contributed by atoms with Gasteiger partial charge in [0.25, 0.3) is 5.91 Å². The number of hydrazine groups is 1. The molecule has 0 unspecified atom stereocenters. The van der Waals surface area contributed by atoms with Crippen LogP contribution in [0.5, 0.6) is 0 Å². The van der Waals surface area contributed by atoms with Gasteiger partial charge in [-0.05, 0) is 30.2 Å². The van der Waals surface area contributed by atoms with Crippen LogP contribution in [0.15, 0.2) is 11.4 Å². The molecular weight excluding hydrogens is 248 g/mol. The van der Waals surface area contributed by atoms with Crippen LogP contribution in [0.2, 0.25) is 0 Å². The van der Waals surface area contributed by atoms with Crippen molar-refractivity contribution in [3.05, 3.63) is 21.9 Å². The van der Waals surface area contributed by atoms with Crippen LogP contribution in [0.1, 0.15) is 47.3 Å². The third-order valence-electron chi connectivity index (χ3n) is 3.42. The van der Waals surface area contributed by atoms with Gasteiger partial charge in [-0.3, -0.25) is 10.2 Å². The summed E-state index contributed by atoms with van der Waals surface area (Å²) in [6.45, 7) is 1.31. The van der Waals surface area contributed by atoms with Crippen molar-refractivity contribution in [2.24, 2.45) is 11.8 Å². The van der Waals surface area contributed by atoms with Crippen LogP contribution in [-0.4, -0.2) is 12.5 Å². The van der Waals surface area contributed by atoms with Crippen molar-refractivity contribution in [3.8, 4) is 0 Å². The van der Waals surface area contributed by atoms with E-state index < -0.39 is 0 Å². The first-order valence-corrected chi connectivity index (χ1v) is 7.34. The summed E-state index contributed by atoms with van der Waals surface area (Å²) in [5.41, 5.74) is 3.09. The van der Waals surface area contributed by atoms with Gasteiger partial charge in [-0.1, -0.05) is 19.3 Å². The molecule has 0 spiro atoms. The van der Waals surface area contributed by atoms with Gasteiger partial charge in [-0.25, -0.2) is 5.84 Å². The Balaban J connectivity index is 1.79. The van der Waals surface area contributed by atoms with E-state index in [9.17, 15) is 4.79 Å². The van der Waals surface area contributed by atoms with E-state index in [-0.39, 0.29) is 5.91 Å². The maximum Gasteiger partial charge on any atom is 0.275 e. The zero-order chi connectivity index (χ0) is 12.8. The summed E-state index contributed by atoms with van der Waals surface area (Å²) in [5, 5.41) is 1.89. The largest absolute Gasteiger partial charge is 0.376 e. The van der Waals surface area contributed by atoms with Crippen molar-refractivity contribution in [1.29, 1.82) is 0 Å². The first-order chi connectivity index (χ1) is 8.81. The lowest BCUT2D eigenvalue weighted by molar-refractivity contribution is 0.0730. The molecule has 0 bridgehead atoms. The topological polar surface area (TPSA) is 64.3 Å². The lowest BCUT2D eigenvalue weighted by Gasteiger charge is -2.21. The highest BCUT2D eigenvalue weighted by molar-refractivity contribution is 7.12. The molecule has 2 rings (SSSR count). The number of hydrogen-bond donors (Lipinski definition) is 2. The van der Waals surface area contributed by atoms with Crippen LogP contribution in [0.4, 0.5) is 0 Å². The van der Waals surface area contributed by atoms with Crippen LogP contribution in [0, 0.1) is 5.92 Å². The third-order valence-corrected chi connectivity index (χ3v) is 4.38. The van der Waals surface area contributed by atoms with E-state index in [2.05, 4.69) is 5.43 Å². The summed E-state index contributed by atoms with van der Waals surface area (Å²) in [4.78, 5) is 12.1. The van der Waals surface area contributed by atoms with Crippen LogP contribution in [-0.2, 0) is 11.3 Å². The number of hydrogen-bond acceptors (Lipinski definition) is 4. The van der Waals surface area contributed by atoms with Gasteiger partial charge in [0.05, 0.1) is 11.5 Å². The fourth-order valence-corrected chi connectivity index (χ4v) is 3.22. The second-order valence-corrected chi connectivity index (χ2v) is 5.68. The summed E-state index contributed by atoms with van der Waals surface area (Å²) in [7, 11) is 0. The molecule has 100 valence electrons. The lowest BCUT2D eigenvalue weighted by atomic mass is 9.90. The zero-order valence-corrected chi connectivity index (χ0v) is 11.3. The van der Waals surface area contributed by atoms with Gasteiger partial charge in [0.15, 0.2) is 0 Å². The van der Waals surface area contributed by atoms with Gasteiger partial charge in [0.2, 0.25) is 0 Å². The van der Waals surface area contributed by atoms with Crippen LogP contribution in [0.3, 0.4) is 0 Å². The molecule has 0 aliphatic heterocycles. The van der Waals surface area contributed by atoms with Crippen molar-refractivity contribution in [3.63, 3.8) is 0 Å². The maximum atomic E-state index is 11.5. The van der Waals surface area contributed by atoms with E-state index in [1.165, 1.54) is 43.4 Å². The Morgan fingerprint density at radius 1 is 1.44 bits per heavy atom. The molecular formula is C13H20N2O2S. The molecule has 1 saturated carbocycles. The molecule has 0 aromatic carbocycles. The van der Waals surface area contributed by atoms with E-state index in [1.54, 1.807) is 0 Å². The van der Waals surface area contributed by atoms with Gasteiger partial charge in [0, 0.05) is 12.2 Å². The Morgan fingerprint density at radius 2 is 2.22 bits per heavy atom. The van der Waals surface area contributed by atoms with Gasteiger partial charge >= 0.3 is 0 Å². The second kappa shape index (κ2) is 6.87. The minimum Gasteiger partial charge on any atom is -0.376 e. The van der Waals surface area contributed by atoms with E-state index >= 15 is 0 Å². The predicted octanol–water partition coefficient (Wildman–Crippen LogP) is 2.45. The van der Waals surface area contributed by atoms with Crippen molar-refractivity contribution < 1.29 is 9.53 Å². The number of nitrogen functional groups attached to an aromatic ring is 1. The third kappa shape index (κ3) is 3.54. The Kier molecular flexibility index (Phi) is 5.16. The summed E-state index contributed by atoms with van der Waals surface area (Å²) in [6, 6.07) is 1.93. The first-order valence-electron chi connectivity index (χ1n) is 6.46. The number of carbonyl (C=O) groups excluding carboxylic acids is 1. The van der Waals surface area contributed by atoms with Crippen molar-refractivity contribution in [2.75, 3.05) is 6.61 Å². The number of nitrogens with one attached hydrogen (secondary N) is 1. The van der Waals surface area contributed by atoms with Crippen molar-refractivity contribution in [2.45, 2.75) is 38.7 Å². The van der Waals surface area contributed by atoms with Crippen LogP contribution in [0.25, 0.3) is 0 Å². The zero-order valence-electron chi connectivity index (χ0n) is 10.5. The lowest BCUT2D eigenvalue weighted by Crippen LogP contribution is -2.30. The number of nitrogens with two attached hydrogens (primary N) is 1. The number of ether oxygens (including phenoxy) is 1. The highest BCUT2D eigenvalue weighted by Crippen LogP contribution is 2.24. The minimum atomic E-state index is -0.235. The first kappa shape index (κ1) is 13.5. The Labute approximate surface area is 111 Å². The molecule has 0 radical (unpaired) electrons. The summed E-state index contributed by atoms with van der Waals surface area (Å²) in [6.07, 6.45) is 6.57. The fourth-order valence-electron chi connectivity index (χ4n) is 2.40. The van der Waals surface area contributed by atoms with Crippen LogP contribution < -0.4 is 11.3 Å². The molecule has 5 heteroatoms. The fraction of sp³-hybridized carbons (Fsp3) is 0.615. The molecule has 3 N–H and O–H groups in total. The van der Waals surface area contributed by atoms with Gasteiger partial charge in [0.1, 0.15) is 0 Å². The molecule has 1 amide bonds. The summed E-state index contributed by atoms with van der Waals surface area (Å²) in [5.74, 6) is 5.61. The standard InChI is InChI=1S/C13H20N2O2S/c14-15-13(16)12-11(6-7-18-12)9-17-8-10-4-2-1-3-5-10/h6-7,10H,1-5,8-9,14H2,(H,15,16). The molecule has 1 aromatic rings. The Morgan fingerprint density at radius 3 is 2.94 bits per heavy atom. The minimum absolute atomic E-state index is 0.235. The molecule has 18 heavy (non-hydrogen) atoms. The number of thiophene rings is 1. The second-order valence-electron chi connectivity index (χ2n) is 4.77. The molecule has 0 saturated heterocycles. The van der Waals surface area contributed by atoms with Gasteiger partial charge in [-0.15, -0.1) is 11.3 Å². The van der Waals surface area contributed by atoms with Crippen molar-refractivity contribution in [1.82, 2.24) is 5.43 Å². The van der Waals surface area contributed by atoms with Gasteiger partial charge in [-0.2, -0.15) is 0 Å². The SMILES string of the molecule is NNC(=O)c1sccc1COCC1CCCCC1. The highest BCUT2D eigenvalue weighted by atomic mass is 32.1. The molecule has 0 atom stereocenters. The molecule has 1 aliphatic carbocycles. The summed E-state index contributed by atoms with van der Waals surface area (Å²) >= 11 is 1.40. The monoisotopic (exact) mass is 268 g/mol. The van der Waals surface area contributed by atoms with Crippen LogP contribution >= 0.6 is 11.3 Å². The van der Waals surface area contributed by atoms with E-state index in [0.29, 0.717) is 17.4 Å². The molecule has 1 heterocycles. The smallest absolute Gasteiger partial charge is 0.275 e. The summed E-state index contributed by atoms with van der Waals surface area (Å²) < 4.78 is 5.74. The quantitative estimate of drug-likeness (QED) is 0.490. The molecule has 1 fully saturated rings. The number of amides is 1. The highest BCUT2D eigenvalue weighted by Gasteiger charge is 2.15.